The van der Waals surface area contributed by atoms with Crippen LogP contribution in [0.5, 0.6) is 11.5 Å². The molecule has 0 saturated carbocycles. The molecule has 23 heavy (non-hydrogen) atoms. The van der Waals surface area contributed by atoms with Crippen molar-refractivity contribution in [2.75, 3.05) is 26.8 Å². The van der Waals surface area contributed by atoms with Gasteiger partial charge in [-0.25, -0.2) is 4.99 Å². The van der Waals surface area contributed by atoms with Crippen LogP contribution in [0, 0.1) is 0 Å². The third-order valence-electron chi connectivity index (χ3n) is 3.36. The number of rotatable bonds is 10. The normalized spacial score (nSPS) is 11.2. The van der Waals surface area contributed by atoms with Crippen LogP contribution >= 0.6 is 0 Å². The quantitative estimate of drug-likeness (QED) is 0.394. The van der Waals surface area contributed by atoms with Crippen molar-refractivity contribution < 1.29 is 9.47 Å². The summed E-state index contributed by atoms with van der Waals surface area (Å²) in [5.74, 6) is 2.38. The number of nitrogens with one attached hydrogen (secondary N) is 2. The van der Waals surface area contributed by atoms with Gasteiger partial charge < -0.3 is 20.1 Å². The number of ether oxygens (including phenoxy) is 2. The summed E-state index contributed by atoms with van der Waals surface area (Å²) in [5, 5.41) is 6.65. The van der Waals surface area contributed by atoms with Gasteiger partial charge in [0.25, 0.3) is 0 Å². The van der Waals surface area contributed by atoms with E-state index in [1.807, 2.05) is 25.1 Å². The van der Waals surface area contributed by atoms with Crippen LogP contribution in [0.15, 0.2) is 23.2 Å². The van der Waals surface area contributed by atoms with E-state index >= 15 is 0 Å². The first-order chi connectivity index (χ1) is 11.2. The third-order valence-corrected chi connectivity index (χ3v) is 3.36. The zero-order valence-electron chi connectivity index (χ0n) is 14.9. The van der Waals surface area contributed by atoms with Gasteiger partial charge in [-0.05, 0) is 38.0 Å². The predicted molar refractivity (Wildman–Crippen MR) is 96.5 cm³/mol. The first-order valence-electron chi connectivity index (χ1n) is 8.57. The van der Waals surface area contributed by atoms with E-state index in [0.29, 0.717) is 13.2 Å². The zero-order valence-corrected chi connectivity index (χ0v) is 14.9. The van der Waals surface area contributed by atoms with E-state index in [2.05, 4.69) is 29.5 Å². The van der Waals surface area contributed by atoms with Crippen LogP contribution in [0.3, 0.4) is 0 Å². The number of methoxy groups -OCH3 is 1. The average Bonchev–Trinajstić information content (AvgIpc) is 2.57. The fraction of sp³-hybridized carbons (Fsp3) is 0.611. The first-order valence-corrected chi connectivity index (χ1v) is 8.57. The van der Waals surface area contributed by atoms with E-state index in [9.17, 15) is 0 Å². The second kappa shape index (κ2) is 11.6. The van der Waals surface area contributed by atoms with Crippen molar-refractivity contribution in [2.45, 2.75) is 46.6 Å². The molecule has 0 amide bonds. The van der Waals surface area contributed by atoms with Gasteiger partial charge in [0, 0.05) is 13.1 Å². The molecule has 1 aromatic carbocycles. The van der Waals surface area contributed by atoms with Gasteiger partial charge in [-0.3, -0.25) is 0 Å². The molecule has 5 nitrogen and oxygen atoms in total. The Labute approximate surface area is 140 Å². The minimum Gasteiger partial charge on any atom is -0.493 e. The van der Waals surface area contributed by atoms with Crippen LogP contribution in [-0.2, 0) is 6.54 Å². The highest BCUT2D eigenvalue weighted by molar-refractivity contribution is 5.79. The molecule has 0 atom stereocenters. The Kier molecular flexibility index (Phi) is 9.68. The molecule has 0 bridgehead atoms. The molecule has 0 aliphatic heterocycles. The fourth-order valence-corrected chi connectivity index (χ4v) is 2.18. The molecule has 0 spiro atoms. The number of guanidine groups is 1. The summed E-state index contributed by atoms with van der Waals surface area (Å²) in [7, 11) is 1.65. The molecule has 0 radical (unpaired) electrons. The molecule has 0 aliphatic rings. The minimum absolute atomic E-state index is 0.604. The van der Waals surface area contributed by atoms with E-state index in [-0.39, 0.29) is 0 Å². The molecule has 0 aromatic heterocycles. The molecule has 0 aliphatic carbocycles. The molecule has 1 aromatic rings. The van der Waals surface area contributed by atoms with Crippen molar-refractivity contribution in [3.8, 4) is 11.5 Å². The van der Waals surface area contributed by atoms with Crippen molar-refractivity contribution in [3.05, 3.63) is 23.8 Å². The SMILES string of the molecule is CCCCCNC(=NCc1ccc(OC)c(OCC)c1)NCC. The van der Waals surface area contributed by atoms with Crippen LogP contribution in [0.2, 0.25) is 0 Å². The second-order valence-corrected chi connectivity index (χ2v) is 5.25. The standard InChI is InChI=1S/C18H31N3O2/c1-5-8-9-12-20-18(19-6-2)21-14-15-10-11-16(22-4)17(13-15)23-7-3/h10-11,13H,5-9,12,14H2,1-4H3,(H2,19,20,21). The Hall–Kier alpha value is -1.91. The van der Waals surface area contributed by atoms with Crippen LogP contribution in [0.25, 0.3) is 0 Å². The minimum atomic E-state index is 0.604. The van der Waals surface area contributed by atoms with Crippen LogP contribution in [0.1, 0.15) is 45.6 Å². The lowest BCUT2D eigenvalue weighted by atomic mass is 10.2. The summed E-state index contributed by atoms with van der Waals surface area (Å²) >= 11 is 0. The number of benzene rings is 1. The van der Waals surface area contributed by atoms with Crippen molar-refractivity contribution in [1.29, 1.82) is 0 Å². The number of aliphatic imine (C=N–C) groups is 1. The highest BCUT2D eigenvalue weighted by Crippen LogP contribution is 2.28. The van der Waals surface area contributed by atoms with Gasteiger partial charge in [-0.1, -0.05) is 25.8 Å². The van der Waals surface area contributed by atoms with E-state index in [1.165, 1.54) is 12.8 Å². The van der Waals surface area contributed by atoms with E-state index < -0.39 is 0 Å². The fourth-order valence-electron chi connectivity index (χ4n) is 2.18. The summed E-state index contributed by atoms with van der Waals surface area (Å²) in [5.41, 5.74) is 1.10. The Bertz CT molecular complexity index is 475. The van der Waals surface area contributed by atoms with Crippen LogP contribution < -0.4 is 20.1 Å². The van der Waals surface area contributed by atoms with Gasteiger partial charge in [0.1, 0.15) is 0 Å². The summed E-state index contributed by atoms with van der Waals surface area (Å²) < 4.78 is 10.9. The summed E-state index contributed by atoms with van der Waals surface area (Å²) in [6.07, 6.45) is 3.63. The summed E-state index contributed by atoms with van der Waals surface area (Å²) in [6.45, 7) is 9.27. The van der Waals surface area contributed by atoms with Gasteiger partial charge in [0.05, 0.1) is 20.3 Å². The Balaban J connectivity index is 2.68. The van der Waals surface area contributed by atoms with E-state index in [4.69, 9.17) is 9.47 Å². The Morgan fingerprint density at radius 2 is 1.91 bits per heavy atom. The summed E-state index contributed by atoms with van der Waals surface area (Å²) in [6, 6.07) is 5.94. The van der Waals surface area contributed by atoms with Gasteiger partial charge in [0.2, 0.25) is 0 Å². The molecule has 0 fully saturated rings. The molecule has 5 heteroatoms. The lowest BCUT2D eigenvalue weighted by Crippen LogP contribution is -2.37. The van der Waals surface area contributed by atoms with Gasteiger partial charge in [-0.15, -0.1) is 0 Å². The van der Waals surface area contributed by atoms with E-state index in [1.54, 1.807) is 7.11 Å². The van der Waals surface area contributed by atoms with Crippen LogP contribution in [0.4, 0.5) is 0 Å². The van der Waals surface area contributed by atoms with Crippen molar-refractivity contribution >= 4 is 5.96 Å². The van der Waals surface area contributed by atoms with Gasteiger partial charge in [-0.2, -0.15) is 0 Å². The molecule has 2 N–H and O–H groups in total. The highest BCUT2D eigenvalue weighted by atomic mass is 16.5. The Morgan fingerprint density at radius 3 is 2.57 bits per heavy atom. The molecule has 0 saturated heterocycles. The van der Waals surface area contributed by atoms with Crippen LogP contribution in [-0.4, -0.2) is 32.8 Å². The van der Waals surface area contributed by atoms with Crippen molar-refractivity contribution in [2.24, 2.45) is 4.99 Å². The molecule has 0 unspecified atom stereocenters. The molecular formula is C18H31N3O2. The Morgan fingerprint density at radius 1 is 1.09 bits per heavy atom. The largest absolute Gasteiger partial charge is 0.493 e. The number of nitrogens with zero attached hydrogens (tertiary/aromatic N) is 1. The maximum absolute atomic E-state index is 5.61. The van der Waals surface area contributed by atoms with Crippen molar-refractivity contribution in [1.82, 2.24) is 10.6 Å². The number of hydrogen-bond acceptors (Lipinski definition) is 3. The maximum atomic E-state index is 5.61. The van der Waals surface area contributed by atoms with E-state index in [0.717, 1.165) is 42.5 Å². The molecule has 0 heterocycles. The topological polar surface area (TPSA) is 54.9 Å². The molecule has 1 rings (SSSR count). The van der Waals surface area contributed by atoms with Gasteiger partial charge in [0.15, 0.2) is 17.5 Å². The average molecular weight is 321 g/mol. The second-order valence-electron chi connectivity index (χ2n) is 5.25. The predicted octanol–water partition coefficient (Wildman–Crippen LogP) is 3.34. The number of unbranched alkanes of at least 4 members (excludes halogenated alkanes) is 2. The lowest BCUT2D eigenvalue weighted by molar-refractivity contribution is 0.310. The van der Waals surface area contributed by atoms with Crippen molar-refractivity contribution in [3.63, 3.8) is 0 Å². The number of hydrogen-bond donors (Lipinski definition) is 2. The zero-order chi connectivity index (χ0) is 16.9. The monoisotopic (exact) mass is 321 g/mol. The van der Waals surface area contributed by atoms with Gasteiger partial charge >= 0.3 is 0 Å². The third kappa shape index (κ3) is 7.26. The summed E-state index contributed by atoms with van der Waals surface area (Å²) in [4.78, 5) is 4.64. The lowest BCUT2D eigenvalue weighted by Gasteiger charge is -2.12. The molecule has 130 valence electrons. The first kappa shape index (κ1) is 19.1. The smallest absolute Gasteiger partial charge is 0.191 e. The highest BCUT2D eigenvalue weighted by Gasteiger charge is 2.05. The molecular weight excluding hydrogens is 290 g/mol. The maximum Gasteiger partial charge on any atom is 0.191 e.